The fraction of sp³-hybridized carbons (Fsp3) is 0.333. The van der Waals surface area contributed by atoms with E-state index in [9.17, 15) is 4.79 Å². The highest BCUT2D eigenvalue weighted by Crippen LogP contribution is 2.23. The van der Waals surface area contributed by atoms with Crippen LogP contribution in [-0.2, 0) is 11.2 Å². The number of nitrogens with zero attached hydrogens (tertiary/aromatic N) is 2. The molecule has 2 rings (SSSR count). The van der Waals surface area contributed by atoms with Crippen molar-refractivity contribution >= 4 is 33.8 Å². The summed E-state index contributed by atoms with van der Waals surface area (Å²) >= 11 is 1.41. The molecule has 0 atom stereocenters. The Hall–Kier alpha value is -2.08. The van der Waals surface area contributed by atoms with E-state index in [1.165, 1.54) is 17.0 Å². The van der Waals surface area contributed by atoms with E-state index in [-0.39, 0.29) is 6.42 Å². The Kier molecular flexibility index (Phi) is 5.16. The molecule has 0 saturated carbocycles. The van der Waals surface area contributed by atoms with Gasteiger partial charge in [-0.15, -0.1) is 11.3 Å². The Labute approximate surface area is 128 Å². The number of aromatic nitrogens is 1. The number of rotatable bonds is 7. The minimum atomic E-state index is -0.865. The molecule has 0 fully saturated rings. The molecule has 0 spiro atoms. The molecule has 6 heteroatoms. The molecule has 0 aliphatic rings. The van der Waals surface area contributed by atoms with Crippen LogP contribution in [0.4, 0.5) is 16.5 Å². The lowest BCUT2D eigenvalue weighted by Gasteiger charge is -2.21. The topological polar surface area (TPSA) is 65.5 Å². The molecule has 0 radical (unpaired) electrons. The van der Waals surface area contributed by atoms with Gasteiger partial charge in [0.15, 0.2) is 5.13 Å². The second kappa shape index (κ2) is 7.08. The third-order valence-electron chi connectivity index (χ3n) is 3.13. The number of carboxylic acids is 1. The summed E-state index contributed by atoms with van der Waals surface area (Å²) in [5, 5.41) is 14.4. The lowest BCUT2D eigenvalue weighted by molar-refractivity contribution is -0.136. The minimum Gasteiger partial charge on any atom is -0.481 e. The third kappa shape index (κ3) is 4.19. The summed E-state index contributed by atoms with van der Waals surface area (Å²) in [5.41, 5.74) is 2.72. The first-order chi connectivity index (χ1) is 10.1. The normalized spacial score (nSPS) is 10.4. The van der Waals surface area contributed by atoms with E-state index in [0.717, 1.165) is 18.8 Å². The Bertz CT molecular complexity index is 591. The number of carboxylic acid groups (broad SMARTS) is 1. The van der Waals surface area contributed by atoms with E-state index < -0.39 is 5.97 Å². The van der Waals surface area contributed by atoms with Crippen LogP contribution in [0.3, 0.4) is 0 Å². The van der Waals surface area contributed by atoms with Gasteiger partial charge >= 0.3 is 5.97 Å². The predicted molar refractivity (Wildman–Crippen MR) is 86.7 cm³/mol. The molecular formula is C15H19N3O2S. The Morgan fingerprint density at radius 3 is 2.52 bits per heavy atom. The monoisotopic (exact) mass is 305 g/mol. The molecule has 0 unspecified atom stereocenters. The van der Waals surface area contributed by atoms with Gasteiger partial charge in [-0.05, 0) is 38.1 Å². The number of carbonyl (C=O) groups is 1. The van der Waals surface area contributed by atoms with Crippen molar-refractivity contribution in [1.82, 2.24) is 4.98 Å². The van der Waals surface area contributed by atoms with Crippen molar-refractivity contribution in [3.05, 3.63) is 35.3 Å². The zero-order valence-corrected chi connectivity index (χ0v) is 13.0. The zero-order valence-electron chi connectivity index (χ0n) is 12.2. The van der Waals surface area contributed by atoms with E-state index in [1.807, 2.05) is 12.1 Å². The van der Waals surface area contributed by atoms with Gasteiger partial charge < -0.3 is 15.3 Å². The molecule has 1 aromatic carbocycles. The van der Waals surface area contributed by atoms with Crippen LogP contribution in [0, 0.1) is 0 Å². The Morgan fingerprint density at radius 2 is 1.95 bits per heavy atom. The van der Waals surface area contributed by atoms with Crippen LogP contribution in [0.15, 0.2) is 29.6 Å². The first kappa shape index (κ1) is 15.3. The fourth-order valence-corrected chi connectivity index (χ4v) is 2.80. The van der Waals surface area contributed by atoms with Crippen molar-refractivity contribution < 1.29 is 9.90 Å². The van der Waals surface area contributed by atoms with E-state index in [0.29, 0.717) is 10.8 Å². The van der Waals surface area contributed by atoms with Crippen LogP contribution in [0.1, 0.15) is 19.5 Å². The number of benzene rings is 1. The molecule has 0 aliphatic heterocycles. The maximum absolute atomic E-state index is 10.6. The number of aliphatic carboxylic acids is 1. The Morgan fingerprint density at radius 1 is 1.29 bits per heavy atom. The highest BCUT2D eigenvalue weighted by molar-refractivity contribution is 7.13. The molecule has 1 aromatic heterocycles. The maximum atomic E-state index is 10.6. The largest absolute Gasteiger partial charge is 0.481 e. The first-order valence-electron chi connectivity index (χ1n) is 6.90. The summed E-state index contributed by atoms with van der Waals surface area (Å²) in [6.45, 7) is 6.23. The van der Waals surface area contributed by atoms with E-state index >= 15 is 0 Å². The second-order valence-corrected chi connectivity index (χ2v) is 5.42. The van der Waals surface area contributed by atoms with Gasteiger partial charge in [0.05, 0.1) is 12.1 Å². The van der Waals surface area contributed by atoms with Gasteiger partial charge in [-0.3, -0.25) is 4.79 Å². The van der Waals surface area contributed by atoms with Gasteiger partial charge in [0, 0.05) is 29.8 Å². The van der Waals surface area contributed by atoms with Gasteiger partial charge in [0.1, 0.15) is 0 Å². The van der Waals surface area contributed by atoms with Gasteiger partial charge in [0.25, 0.3) is 0 Å². The van der Waals surface area contributed by atoms with Crippen LogP contribution in [0.2, 0.25) is 0 Å². The lowest BCUT2D eigenvalue weighted by Crippen LogP contribution is -2.21. The molecule has 2 aromatic rings. The fourth-order valence-electron chi connectivity index (χ4n) is 2.07. The van der Waals surface area contributed by atoms with Crippen LogP contribution >= 0.6 is 11.3 Å². The van der Waals surface area contributed by atoms with Crippen LogP contribution in [-0.4, -0.2) is 29.1 Å². The lowest BCUT2D eigenvalue weighted by atomic mass is 10.2. The van der Waals surface area contributed by atoms with Crippen LogP contribution in [0.5, 0.6) is 0 Å². The van der Waals surface area contributed by atoms with Crippen LogP contribution < -0.4 is 10.2 Å². The molecule has 0 saturated heterocycles. The highest BCUT2D eigenvalue weighted by atomic mass is 32.1. The van der Waals surface area contributed by atoms with E-state index in [2.05, 4.69) is 41.2 Å². The number of hydrogen-bond acceptors (Lipinski definition) is 5. The molecule has 21 heavy (non-hydrogen) atoms. The average Bonchev–Trinajstić information content (AvgIpc) is 2.88. The molecule has 112 valence electrons. The van der Waals surface area contributed by atoms with Crippen molar-refractivity contribution in [3.63, 3.8) is 0 Å². The van der Waals surface area contributed by atoms with Crippen molar-refractivity contribution in [2.24, 2.45) is 0 Å². The summed E-state index contributed by atoms with van der Waals surface area (Å²) in [6.07, 6.45) is -0.0426. The summed E-state index contributed by atoms with van der Waals surface area (Å²) in [7, 11) is 0. The summed E-state index contributed by atoms with van der Waals surface area (Å²) in [6, 6.07) is 8.15. The van der Waals surface area contributed by atoms with Crippen molar-refractivity contribution in [3.8, 4) is 0 Å². The SMILES string of the molecule is CCN(CC)c1ccc(Nc2nc(CC(=O)O)cs2)cc1. The van der Waals surface area contributed by atoms with Gasteiger partial charge in [-0.1, -0.05) is 0 Å². The minimum absolute atomic E-state index is 0.0426. The van der Waals surface area contributed by atoms with Gasteiger partial charge in [0.2, 0.25) is 0 Å². The number of anilines is 3. The molecule has 0 aliphatic carbocycles. The molecular weight excluding hydrogens is 286 g/mol. The quantitative estimate of drug-likeness (QED) is 0.821. The van der Waals surface area contributed by atoms with E-state index in [1.54, 1.807) is 5.38 Å². The molecule has 5 nitrogen and oxygen atoms in total. The van der Waals surface area contributed by atoms with Crippen LogP contribution in [0.25, 0.3) is 0 Å². The molecule has 1 heterocycles. The van der Waals surface area contributed by atoms with Crippen molar-refractivity contribution in [2.75, 3.05) is 23.3 Å². The summed E-state index contributed by atoms with van der Waals surface area (Å²) in [5.74, 6) is -0.865. The summed E-state index contributed by atoms with van der Waals surface area (Å²) < 4.78 is 0. The molecule has 2 N–H and O–H groups in total. The number of nitrogens with one attached hydrogen (secondary N) is 1. The predicted octanol–water partition coefficient (Wildman–Crippen LogP) is 3.36. The second-order valence-electron chi connectivity index (χ2n) is 4.56. The number of thiazole rings is 1. The third-order valence-corrected chi connectivity index (χ3v) is 3.94. The first-order valence-corrected chi connectivity index (χ1v) is 7.78. The number of hydrogen-bond donors (Lipinski definition) is 2. The molecule has 0 bridgehead atoms. The van der Waals surface area contributed by atoms with Crippen molar-refractivity contribution in [2.45, 2.75) is 20.3 Å². The standard InChI is InChI=1S/C15H19N3O2S/c1-3-18(4-2)13-7-5-11(6-8-13)16-15-17-12(10-21-15)9-14(19)20/h5-8,10H,3-4,9H2,1-2H3,(H,16,17)(H,19,20). The Balaban J connectivity index is 2.03. The molecule has 0 amide bonds. The van der Waals surface area contributed by atoms with Gasteiger partial charge in [-0.25, -0.2) is 4.98 Å². The van der Waals surface area contributed by atoms with Gasteiger partial charge in [-0.2, -0.15) is 0 Å². The van der Waals surface area contributed by atoms with E-state index in [4.69, 9.17) is 5.11 Å². The smallest absolute Gasteiger partial charge is 0.309 e. The average molecular weight is 305 g/mol. The van der Waals surface area contributed by atoms with Crippen molar-refractivity contribution in [1.29, 1.82) is 0 Å². The zero-order chi connectivity index (χ0) is 15.2. The highest BCUT2D eigenvalue weighted by Gasteiger charge is 2.07. The summed E-state index contributed by atoms with van der Waals surface area (Å²) in [4.78, 5) is 17.2. The maximum Gasteiger partial charge on any atom is 0.309 e.